The van der Waals surface area contributed by atoms with Crippen LogP contribution in [0.15, 0.2) is 61.4 Å². The summed E-state index contributed by atoms with van der Waals surface area (Å²) in [6.45, 7) is 2.77. The van der Waals surface area contributed by atoms with Crippen LogP contribution >= 0.6 is 23.2 Å². The topological polar surface area (TPSA) is 404 Å². The number of imidazole rings is 6. The summed E-state index contributed by atoms with van der Waals surface area (Å²) in [5, 5.41) is 26.5. The lowest BCUT2D eigenvalue weighted by molar-refractivity contribution is -0.122. The molecule has 7 aromatic rings. The van der Waals surface area contributed by atoms with E-state index in [9.17, 15) is 47.9 Å². The Labute approximate surface area is 556 Å². The highest BCUT2D eigenvalue weighted by Crippen LogP contribution is 2.20. The minimum absolute atomic E-state index is 0.000988. The van der Waals surface area contributed by atoms with Gasteiger partial charge < -0.3 is 90.4 Å². The number of nitrogens with one attached hydrogen (secondary N) is 10. The third-order valence-electron chi connectivity index (χ3n) is 14.1. The predicted molar refractivity (Wildman–Crippen MR) is 354 cm³/mol. The molecule has 0 saturated heterocycles. The Morgan fingerprint density at radius 1 is 0.368 bits per heavy atom. The lowest BCUT2D eigenvalue weighted by atomic mass is 10.1. The minimum atomic E-state index is -0.723. The van der Waals surface area contributed by atoms with E-state index in [1.165, 1.54) is 85.7 Å². The zero-order chi connectivity index (χ0) is 68.9. The first-order chi connectivity index (χ1) is 45.4. The molecule has 0 bridgehead atoms. The molecular weight excluding hydrogens is 1280 g/mol. The molecule has 0 aliphatic carbocycles. The van der Waals surface area contributed by atoms with Crippen LogP contribution in [0.3, 0.4) is 0 Å². The van der Waals surface area contributed by atoms with Gasteiger partial charge in [-0.3, -0.25) is 47.9 Å². The maximum atomic E-state index is 13.3. The number of rotatable bonds is 35. The molecule has 0 unspecified atom stereocenters. The van der Waals surface area contributed by atoms with Gasteiger partial charge in [0.25, 0.3) is 35.4 Å². The van der Waals surface area contributed by atoms with Gasteiger partial charge >= 0.3 is 0 Å². The second-order valence-electron chi connectivity index (χ2n) is 22.1. The number of amides is 10. The molecule has 0 aliphatic rings. The van der Waals surface area contributed by atoms with Crippen molar-refractivity contribution in [3.05, 3.63) is 102 Å². The largest absolute Gasteiger partial charge is 0.369 e. The van der Waals surface area contributed by atoms with E-state index < -0.39 is 47.3 Å². The lowest BCUT2D eigenvalue weighted by Gasteiger charge is -2.23. The first-order valence-electron chi connectivity index (χ1n) is 30.1. The van der Waals surface area contributed by atoms with Crippen molar-refractivity contribution in [3.8, 4) is 0 Å². The molecule has 0 spiro atoms. The van der Waals surface area contributed by atoms with E-state index in [4.69, 9.17) is 23.2 Å². The Bertz CT molecular complexity index is 3890. The molecule has 6 heterocycles. The highest BCUT2D eigenvalue weighted by molar-refractivity contribution is 6.18. The van der Waals surface area contributed by atoms with Crippen molar-refractivity contribution in [2.24, 2.45) is 42.3 Å². The van der Waals surface area contributed by atoms with Crippen molar-refractivity contribution in [1.29, 1.82) is 0 Å². The number of hydrogen-bond donors (Lipinski definition) is 10. The number of anilines is 7. The highest BCUT2D eigenvalue weighted by atomic mass is 35.5. The number of aryl methyl sites for hydroxylation is 7. The van der Waals surface area contributed by atoms with Crippen LogP contribution in [0, 0.1) is 0 Å². The van der Waals surface area contributed by atoms with E-state index in [-0.39, 0.29) is 114 Å². The van der Waals surface area contributed by atoms with Gasteiger partial charge in [0.15, 0.2) is 34.9 Å². The standard InChI is InChI=1S/C59H78Cl2N24O10/c1-78(2)27-11-24-64-54(90)48-70-40(32-79(48)3)74-58(94)52-73-43(35-83(52)7)77-57(93)51-69-39(31-82(51)6)67-47(89)20-25-63-45(87)19-26-65-55(91)49-71-41(33-80(49)4)75-59(95)53-72-42(34-84(53)8)76-56(92)50-68-38(30-81(50)5)66-46(88)14-10-23-62-44(86)13-9-12-36-15-17-37(18-16-36)85(28-21-60)29-22-61/h15-18,30-35H,9-14,19-29H2,1-8H3,(H,62,86)(H,63,87)(H,64,90)(H,65,91)(H,66,88)(H,67,89)(H,74,94)(H,75,95)(H,76,92)(H,77,93). The summed E-state index contributed by atoms with van der Waals surface area (Å²) < 4.78 is 8.37. The summed E-state index contributed by atoms with van der Waals surface area (Å²) in [5.41, 5.74) is 2.15. The van der Waals surface area contributed by atoms with Crippen molar-refractivity contribution < 1.29 is 47.9 Å². The maximum Gasteiger partial charge on any atom is 0.292 e. The zero-order valence-electron chi connectivity index (χ0n) is 53.9. The van der Waals surface area contributed by atoms with Crippen LogP contribution in [-0.2, 0) is 67.9 Å². The molecule has 0 aliphatic heterocycles. The summed E-state index contributed by atoms with van der Waals surface area (Å²) in [5.74, 6) is -4.32. The first kappa shape index (κ1) is 72.0. The van der Waals surface area contributed by atoms with Crippen LogP contribution in [0.5, 0.6) is 0 Å². The number of halogens is 2. The normalized spacial score (nSPS) is 11.0. The molecule has 10 N–H and O–H groups in total. The van der Waals surface area contributed by atoms with Crippen molar-refractivity contribution in [2.75, 3.05) is 108 Å². The van der Waals surface area contributed by atoms with Crippen LogP contribution in [-0.4, -0.2) is 193 Å². The molecule has 36 heteroatoms. The van der Waals surface area contributed by atoms with Crippen LogP contribution in [0.25, 0.3) is 0 Å². The fourth-order valence-corrected chi connectivity index (χ4v) is 9.85. The van der Waals surface area contributed by atoms with E-state index in [0.29, 0.717) is 57.2 Å². The molecule has 0 fully saturated rings. The van der Waals surface area contributed by atoms with Crippen molar-refractivity contribution in [3.63, 3.8) is 0 Å². The lowest BCUT2D eigenvalue weighted by Crippen LogP contribution is -2.33. The molecule has 34 nitrogen and oxygen atoms in total. The van der Waals surface area contributed by atoms with E-state index in [1.54, 1.807) is 21.1 Å². The third kappa shape index (κ3) is 21.3. The maximum absolute atomic E-state index is 13.3. The molecule has 95 heavy (non-hydrogen) atoms. The number of alkyl halides is 2. The van der Waals surface area contributed by atoms with Gasteiger partial charge in [-0.25, -0.2) is 29.9 Å². The molecule has 10 amide bonds. The van der Waals surface area contributed by atoms with E-state index in [0.717, 1.165) is 30.6 Å². The zero-order valence-corrected chi connectivity index (χ0v) is 55.4. The van der Waals surface area contributed by atoms with E-state index in [1.807, 2.05) is 43.3 Å². The van der Waals surface area contributed by atoms with Gasteiger partial charge in [0, 0.05) is 162 Å². The molecular formula is C59H78Cl2N24O10. The number of carbonyl (C=O) groups is 10. The average Bonchev–Trinajstić information content (AvgIpc) is 1.75. The van der Waals surface area contributed by atoms with Gasteiger partial charge in [0.1, 0.15) is 0 Å². The summed E-state index contributed by atoms with van der Waals surface area (Å²) >= 11 is 11.9. The molecule has 6 aromatic heterocycles. The summed E-state index contributed by atoms with van der Waals surface area (Å²) in [7, 11) is 13.2. The Morgan fingerprint density at radius 3 is 1.08 bits per heavy atom. The Balaban J connectivity index is 0.763. The number of hydrogen-bond acceptors (Lipinski definition) is 18. The molecule has 1 aromatic carbocycles. The molecule has 0 atom stereocenters. The second kappa shape index (κ2) is 34.4. The predicted octanol–water partition coefficient (Wildman–Crippen LogP) is 2.19. The quantitative estimate of drug-likeness (QED) is 0.0201. The third-order valence-corrected chi connectivity index (χ3v) is 14.5. The van der Waals surface area contributed by atoms with Crippen LogP contribution < -0.4 is 58.1 Å². The Morgan fingerprint density at radius 2 is 0.684 bits per heavy atom. The number of nitrogens with zero attached hydrogens (tertiary/aromatic N) is 14. The second-order valence-corrected chi connectivity index (χ2v) is 22.9. The number of benzene rings is 1. The minimum Gasteiger partial charge on any atom is -0.369 e. The SMILES string of the molecule is CN(C)CCCNC(=O)c1nc(NC(=O)c2nc(NC(=O)c3nc(NC(=O)CCNC(=O)CCNC(=O)c4nc(NC(=O)c5nc(NC(=O)c6nc(NC(=O)CCCNC(=O)CCCc7ccc(N(CCCl)CCCl)cc7)cn6C)cn5C)cn4C)cn3C)cn2C)cn1C. The molecule has 508 valence electrons. The molecule has 0 saturated carbocycles. The summed E-state index contributed by atoms with van der Waals surface area (Å²) in [6, 6.07) is 8.13. The monoisotopic (exact) mass is 1350 g/mol. The van der Waals surface area contributed by atoms with Gasteiger partial charge in [-0.1, -0.05) is 12.1 Å². The fourth-order valence-electron chi connectivity index (χ4n) is 9.44. The van der Waals surface area contributed by atoms with Crippen LogP contribution in [0.1, 0.15) is 114 Å². The highest BCUT2D eigenvalue weighted by Gasteiger charge is 2.25. The number of carbonyl (C=O) groups excluding carboxylic acids is 10. The van der Waals surface area contributed by atoms with Crippen LogP contribution in [0.4, 0.5) is 40.6 Å². The van der Waals surface area contributed by atoms with Crippen LogP contribution in [0.2, 0.25) is 0 Å². The van der Waals surface area contributed by atoms with Gasteiger partial charge in [-0.2, -0.15) is 0 Å². The molecule has 0 radical (unpaired) electrons. The Hall–Kier alpha value is -10.5. The van der Waals surface area contributed by atoms with Crippen molar-refractivity contribution in [1.82, 2.24) is 83.5 Å². The average molecular weight is 1350 g/mol. The Kier molecular flexibility index (Phi) is 26.1. The van der Waals surface area contributed by atoms with Gasteiger partial charge in [0.2, 0.25) is 58.6 Å². The van der Waals surface area contributed by atoms with Gasteiger partial charge in [-0.15, -0.1) is 23.2 Å². The summed E-state index contributed by atoms with van der Waals surface area (Å²) in [4.78, 5) is 159. The molecule has 7 rings (SSSR count). The smallest absolute Gasteiger partial charge is 0.292 e. The fraction of sp³-hybridized carbons (Fsp3) is 0.424. The van der Waals surface area contributed by atoms with E-state index >= 15 is 0 Å². The van der Waals surface area contributed by atoms with Gasteiger partial charge in [0.05, 0.1) is 0 Å². The number of aromatic nitrogens is 12. The summed E-state index contributed by atoms with van der Waals surface area (Å²) in [6.07, 6.45) is 11.2. The van der Waals surface area contributed by atoms with Gasteiger partial charge in [-0.05, 0) is 64.0 Å². The van der Waals surface area contributed by atoms with E-state index in [2.05, 4.69) is 88.0 Å². The van der Waals surface area contributed by atoms with Crippen molar-refractivity contribution >= 4 is 123 Å². The van der Waals surface area contributed by atoms with Crippen molar-refractivity contribution in [2.45, 2.75) is 51.4 Å². The first-order valence-corrected chi connectivity index (χ1v) is 31.2.